The highest BCUT2D eigenvalue weighted by Gasteiger charge is 2.48. The van der Waals surface area contributed by atoms with Crippen LogP contribution in [-0.2, 0) is 4.74 Å². The average molecular weight is 393 g/mol. The fourth-order valence-electron chi connectivity index (χ4n) is 7.51. The van der Waals surface area contributed by atoms with Gasteiger partial charge in [-0.05, 0) is 74.3 Å². The Balaban J connectivity index is 1.28. The van der Waals surface area contributed by atoms with E-state index in [1.165, 1.54) is 55.8 Å². The van der Waals surface area contributed by atoms with Crippen molar-refractivity contribution < 1.29 is 4.74 Å². The van der Waals surface area contributed by atoms with Gasteiger partial charge in [0.05, 0.1) is 12.7 Å². The maximum Gasteiger partial charge on any atom is 0.0703 e. The highest BCUT2D eigenvalue weighted by Crippen LogP contribution is 2.48. The zero-order chi connectivity index (χ0) is 19.5. The molecule has 156 valence electrons. The van der Waals surface area contributed by atoms with Crippen molar-refractivity contribution in [3.63, 3.8) is 0 Å². The third-order valence-electron chi connectivity index (χ3n) is 9.05. The van der Waals surface area contributed by atoms with Gasteiger partial charge in [-0.25, -0.2) is 0 Å². The number of fused-ring (bicyclic) bond motifs is 5. The lowest BCUT2D eigenvalue weighted by Gasteiger charge is -2.57. The highest BCUT2D eigenvalue weighted by atomic mass is 16.5. The molecule has 3 heteroatoms. The van der Waals surface area contributed by atoms with Crippen LogP contribution in [0.3, 0.4) is 0 Å². The molecule has 2 saturated carbocycles. The fraction of sp³-hybridized carbons (Fsp3) is 0.692. The Kier molecular flexibility index (Phi) is 4.54. The quantitative estimate of drug-likeness (QED) is 0.657. The summed E-state index contributed by atoms with van der Waals surface area (Å²) in [6.07, 6.45) is 12.5. The first-order valence-electron chi connectivity index (χ1n) is 12.1. The Hall–Kier alpha value is -1.32. The van der Waals surface area contributed by atoms with Crippen LogP contribution in [0.25, 0.3) is 10.9 Å². The van der Waals surface area contributed by atoms with Crippen LogP contribution in [0.4, 0.5) is 0 Å². The normalized spacial score (nSPS) is 42.8. The zero-order valence-electron chi connectivity index (χ0n) is 18.0. The lowest BCUT2D eigenvalue weighted by atomic mass is 9.65. The monoisotopic (exact) mass is 392 g/mol. The van der Waals surface area contributed by atoms with Crippen LogP contribution >= 0.6 is 0 Å². The Bertz CT molecular complexity index is 874. The molecule has 2 aliphatic heterocycles. The summed E-state index contributed by atoms with van der Waals surface area (Å²) in [5, 5.41) is 1.37. The molecule has 0 unspecified atom stereocenters. The van der Waals surface area contributed by atoms with Crippen LogP contribution in [-0.4, -0.2) is 40.3 Å². The smallest absolute Gasteiger partial charge is 0.0703 e. The summed E-state index contributed by atoms with van der Waals surface area (Å²) in [6.45, 7) is 5.77. The summed E-state index contributed by atoms with van der Waals surface area (Å²) in [5.74, 6) is 2.89. The van der Waals surface area contributed by atoms with Gasteiger partial charge in [0.1, 0.15) is 0 Å². The number of para-hydroxylation sites is 1. The number of piperidine rings is 1. The highest BCUT2D eigenvalue weighted by molar-refractivity contribution is 5.80. The van der Waals surface area contributed by atoms with Crippen LogP contribution in [0.5, 0.6) is 0 Å². The van der Waals surface area contributed by atoms with Crippen molar-refractivity contribution in [1.82, 2.24) is 9.47 Å². The minimum absolute atomic E-state index is 0.357. The molecule has 2 aromatic rings. The second-order valence-electron chi connectivity index (χ2n) is 10.7. The van der Waals surface area contributed by atoms with Crippen LogP contribution in [0.15, 0.2) is 36.5 Å². The second-order valence-corrected chi connectivity index (χ2v) is 10.7. The predicted molar refractivity (Wildman–Crippen MR) is 118 cm³/mol. The van der Waals surface area contributed by atoms with E-state index in [2.05, 4.69) is 59.8 Å². The topological polar surface area (TPSA) is 17.4 Å². The molecule has 0 N–H and O–H groups in total. The van der Waals surface area contributed by atoms with Gasteiger partial charge in [-0.1, -0.05) is 38.0 Å². The number of morpholine rings is 1. The summed E-state index contributed by atoms with van der Waals surface area (Å²) in [7, 11) is 0. The number of nitrogens with zero attached hydrogens (tertiary/aromatic N) is 2. The predicted octanol–water partition coefficient (Wildman–Crippen LogP) is 5.65. The maximum absolute atomic E-state index is 6.28. The van der Waals surface area contributed by atoms with Gasteiger partial charge >= 0.3 is 0 Å². The van der Waals surface area contributed by atoms with Crippen molar-refractivity contribution >= 4 is 10.9 Å². The van der Waals surface area contributed by atoms with Gasteiger partial charge < -0.3 is 9.30 Å². The van der Waals surface area contributed by atoms with E-state index in [1.807, 2.05) is 0 Å². The summed E-state index contributed by atoms with van der Waals surface area (Å²) < 4.78 is 8.86. The summed E-state index contributed by atoms with van der Waals surface area (Å²) in [5.41, 5.74) is 1.40. The number of benzene rings is 1. The number of aromatic nitrogens is 1. The number of hydrogen-bond donors (Lipinski definition) is 0. The van der Waals surface area contributed by atoms with E-state index < -0.39 is 0 Å². The second kappa shape index (κ2) is 7.13. The molecule has 2 saturated heterocycles. The van der Waals surface area contributed by atoms with Crippen molar-refractivity contribution in [2.75, 3.05) is 6.61 Å². The molecule has 4 aliphatic rings. The van der Waals surface area contributed by atoms with Crippen molar-refractivity contribution in [3.8, 4) is 0 Å². The third-order valence-corrected chi connectivity index (χ3v) is 9.05. The van der Waals surface area contributed by atoms with Crippen molar-refractivity contribution in [2.45, 2.75) is 89.1 Å². The summed E-state index contributed by atoms with van der Waals surface area (Å²) in [4.78, 5) is 2.98. The summed E-state index contributed by atoms with van der Waals surface area (Å²) >= 11 is 0. The van der Waals surface area contributed by atoms with Gasteiger partial charge in [0.2, 0.25) is 0 Å². The summed E-state index contributed by atoms with van der Waals surface area (Å²) in [6, 6.07) is 13.7. The Labute approximate surface area is 175 Å². The molecule has 3 heterocycles. The van der Waals surface area contributed by atoms with E-state index in [0.717, 1.165) is 30.4 Å². The lowest BCUT2D eigenvalue weighted by Crippen LogP contribution is -2.64. The first kappa shape index (κ1) is 18.4. The van der Waals surface area contributed by atoms with E-state index in [4.69, 9.17) is 4.74 Å². The fourth-order valence-corrected chi connectivity index (χ4v) is 7.51. The van der Waals surface area contributed by atoms with Crippen molar-refractivity contribution in [2.24, 2.45) is 17.8 Å². The molecule has 8 atom stereocenters. The molecule has 0 amide bonds. The molecule has 6 rings (SSSR count). The SMILES string of the molecule is C[C@@H]1CC[C@@H]2C[C@H]1C[C@@H](N1[C@H]3CO[C@@H](C)[C@@H]1C[C@H](n1ccc4ccccc41)C3)C2. The van der Waals surface area contributed by atoms with E-state index in [9.17, 15) is 0 Å². The van der Waals surface area contributed by atoms with Crippen LogP contribution in [0, 0.1) is 17.8 Å². The van der Waals surface area contributed by atoms with E-state index in [0.29, 0.717) is 24.2 Å². The van der Waals surface area contributed by atoms with Crippen LogP contribution in [0.2, 0.25) is 0 Å². The van der Waals surface area contributed by atoms with E-state index in [1.54, 1.807) is 0 Å². The van der Waals surface area contributed by atoms with Gasteiger partial charge in [-0.2, -0.15) is 0 Å². The first-order valence-corrected chi connectivity index (χ1v) is 12.1. The Morgan fingerprint density at radius 2 is 1.76 bits per heavy atom. The van der Waals surface area contributed by atoms with Gasteiger partial charge in [0.25, 0.3) is 0 Å². The number of hydrogen-bond acceptors (Lipinski definition) is 2. The van der Waals surface area contributed by atoms with Gasteiger partial charge in [-0.3, -0.25) is 4.90 Å². The Morgan fingerprint density at radius 3 is 2.69 bits per heavy atom. The number of rotatable bonds is 2. The van der Waals surface area contributed by atoms with Gasteiger partial charge in [0.15, 0.2) is 0 Å². The lowest BCUT2D eigenvalue weighted by molar-refractivity contribution is -0.153. The molecule has 4 fully saturated rings. The van der Waals surface area contributed by atoms with Crippen LogP contribution in [0.1, 0.15) is 64.8 Å². The molecule has 0 spiro atoms. The van der Waals surface area contributed by atoms with Gasteiger partial charge in [0, 0.05) is 35.9 Å². The maximum atomic E-state index is 6.28. The molecular formula is C26H36N2O. The van der Waals surface area contributed by atoms with Crippen LogP contribution < -0.4 is 0 Å². The molecule has 1 aromatic carbocycles. The van der Waals surface area contributed by atoms with Crippen molar-refractivity contribution in [1.29, 1.82) is 0 Å². The van der Waals surface area contributed by atoms with Crippen molar-refractivity contribution in [3.05, 3.63) is 36.5 Å². The molecule has 2 aliphatic carbocycles. The molecule has 0 radical (unpaired) electrons. The molecular weight excluding hydrogens is 356 g/mol. The first-order chi connectivity index (χ1) is 14.2. The number of ether oxygens (including phenoxy) is 1. The molecule has 1 aromatic heterocycles. The Morgan fingerprint density at radius 1 is 0.862 bits per heavy atom. The largest absolute Gasteiger partial charge is 0.375 e. The average Bonchev–Trinajstić information content (AvgIpc) is 3.17. The van der Waals surface area contributed by atoms with Gasteiger partial charge in [-0.15, -0.1) is 0 Å². The molecule has 4 bridgehead atoms. The molecule has 3 nitrogen and oxygen atoms in total. The minimum atomic E-state index is 0.357. The molecule has 29 heavy (non-hydrogen) atoms. The minimum Gasteiger partial charge on any atom is -0.375 e. The zero-order valence-corrected chi connectivity index (χ0v) is 18.0. The standard InChI is InChI=1S/C26H36N2O/c1-17-7-8-19-11-21(17)13-23(12-19)28-24-14-22(15-26(28)18(2)29-16-24)27-10-9-20-5-3-4-6-25(20)27/h3-6,9-10,17-19,21-24,26H,7-8,11-16H2,1-2H3/t17-,18+,19-,21+,22-,23+,24-,26+/m1/s1. The third kappa shape index (κ3) is 3.08. The van der Waals surface area contributed by atoms with E-state index >= 15 is 0 Å². The van der Waals surface area contributed by atoms with E-state index in [-0.39, 0.29) is 0 Å².